The van der Waals surface area contributed by atoms with E-state index in [1.165, 1.54) is 0 Å². The quantitative estimate of drug-likeness (QED) is 0.0415. The molecule has 9 rings (SSSR count). The molecule has 0 spiro atoms. The molecule has 86 heavy (non-hydrogen) atoms. The molecule has 0 aromatic heterocycles. The zero-order valence-corrected chi connectivity index (χ0v) is 52.5. The first-order valence-corrected chi connectivity index (χ1v) is 31.9. The maximum atomic E-state index is 16.0. The van der Waals surface area contributed by atoms with Crippen LogP contribution in [-0.4, -0.2) is 93.7 Å². The molecule has 0 N–H and O–H groups in total. The number of ketones is 4. The number of hydrogen-bond acceptors (Lipinski definition) is 7. The van der Waals surface area contributed by atoms with Crippen LogP contribution in [-0.2, 0) is 37.5 Å². The van der Waals surface area contributed by atoms with Gasteiger partial charge in [-0.2, -0.15) is 0 Å². The van der Waals surface area contributed by atoms with Crippen molar-refractivity contribution in [3.63, 3.8) is 0 Å². The molecule has 444 valence electrons. The van der Waals surface area contributed by atoms with Crippen LogP contribution in [0.25, 0.3) is 11.1 Å². The number of fused-ring (bicyclic) bond motifs is 3. The lowest BCUT2D eigenvalue weighted by molar-refractivity contribution is 0.0545. The van der Waals surface area contributed by atoms with Crippen molar-refractivity contribution in [2.75, 3.05) is 39.3 Å². The number of Topliss-reactive ketones (excluding diaryl/α,β-unsaturated/α-hetero) is 3. The average molecular weight is 1140 g/mol. The van der Waals surface area contributed by atoms with E-state index in [0.717, 1.165) is 76.3 Å². The number of nitrogens with zero attached hydrogens (tertiary/aromatic N) is 3. The largest absolute Gasteiger partial charge is 0.292 e. The molecule has 0 aliphatic heterocycles. The van der Waals surface area contributed by atoms with Crippen LogP contribution >= 0.6 is 0 Å². The molecule has 0 heterocycles. The van der Waals surface area contributed by atoms with Crippen LogP contribution in [0.1, 0.15) is 168 Å². The van der Waals surface area contributed by atoms with Gasteiger partial charge in [0.25, 0.3) is 0 Å². The van der Waals surface area contributed by atoms with E-state index >= 15 is 14.4 Å². The predicted octanol–water partition coefficient (Wildman–Crippen LogP) is 16.4. The Bertz CT molecular complexity index is 3450. The van der Waals surface area contributed by atoms with E-state index in [0.29, 0.717) is 92.3 Å². The van der Waals surface area contributed by atoms with Gasteiger partial charge >= 0.3 is 0 Å². The van der Waals surface area contributed by atoms with Crippen LogP contribution in [0, 0.1) is 0 Å². The Labute approximate surface area is 513 Å². The molecule has 7 nitrogen and oxygen atoms in total. The normalized spacial score (nSPS) is 15.8. The molecule has 8 aromatic rings. The first kappa shape index (κ1) is 62.8. The van der Waals surface area contributed by atoms with Crippen molar-refractivity contribution in [1.82, 2.24) is 14.7 Å². The minimum absolute atomic E-state index is 0.0704. The maximum Gasteiger partial charge on any atom is 0.193 e. The van der Waals surface area contributed by atoms with E-state index in [1.54, 1.807) is 0 Å². The molecule has 1 aliphatic rings. The molecular formula is C79H89N3O4. The zero-order chi connectivity index (χ0) is 61.1. The van der Waals surface area contributed by atoms with Crippen molar-refractivity contribution in [3.8, 4) is 11.1 Å². The van der Waals surface area contributed by atoms with Crippen molar-refractivity contribution in [1.29, 1.82) is 0 Å². The Kier molecular flexibility index (Phi) is 20.3. The number of carbonyl (C=O) groups excluding carboxylic acids is 4. The van der Waals surface area contributed by atoms with E-state index in [9.17, 15) is 4.79 Å². The second kappa shape index (κ2) is 27.8. The smallest absolute Gasteiger partial charge is 0.193 e. The minimum atomic E-state index is -0.849. The third-order valence-corrected chi connectivity index (χ3v) is 19.5. The van der Waals surface area contributed by atoms with Crippen LogP contribution in [0.15, 0.2) is 206 Å². The van der Waals surface area contributed by atoms with Crippen molar-refractivity contribution < 1.29 is 19.2 Å². The fourth-order valence-corrected chi connectivity index (χ4v) is 14.9. The number of hydrogen-bond donors (Lipinski definition) is 0. The SMILES string of the molecule is CCN(CC)C(CC)(Cc1ccccc1)C(=O)c1ccc(CC2(Cc3ccc(C(=O)C(CC)(Cc4ccccc4)N(CC)CC)cc3)c3cc(C(=O)c4ccccc4)ccc3-c3ccc(C(=O)C(CC)(Cc4ccccc4)N(CC)CC)cc32)cc1. The molecule has 0 saturated heterocycles. The van der Waals surface area contributed by atoms with E-state index < -0.39 is 22.0 Å². The van der Waals surface area contributed by atoms with Crippen molar-refractivity contribution in [3.05, 3.63) is 273 Å². The topological polar surface area (TPSA) is 78.0 Å². The molecule has 0 radical (unpaired) electrons. The van der Waals surface area contributed by atoms with Gasteiger partial charge in [-0.3, -0.25) is 33.9 Å². The molecule has 0 fully saturated rings. The summed E-state index contributed by atoms with van der Waals surface area (Å²) in [6, 6.07) is 69.7. The van der Waals surface area contributed by atoms with Crippen LogP contribution in [0.5, 0.6) is 0 Å². The molecule has 1 aliphatic carbocycles. The Morgan fingerprint density at radius 1 is 0.314 bits per heavy atom. The number of likely N-dealkylation sites (N-methyl/N-ethyl adjacent to an activating group) is 3. The first-order chi connectivity index (χ1) is 41.8. The zero-order valence-electron chi connectivity index (χ0n) is 52.5. The summed E-state index contributed by atoms with van der Waals surface area (Å²) in [6.45, 7) is 23.6. The standard InChI is InChI=1S/C79H89N3O4/c1-10-77(80(13-4)14-5,55-58-31-23-19-24-32-58)73(84)64-43-39-61(40-44-64)53-76(54-62-41-45-65(46-42-62)74(85)78(11-2,81(15-6)16-7)56-59-33-25-20-26-34-59)70-51-66(72(83)63-37-29-22-30-38-63)47-49-68(70)69-50-48-67(52-71(69)76)75(86)79(12-3,82(17-8)18-9)57-60-35-27-21-28-36-60/h19-52H,10-18,53-57H2,1-9H3. The second-order valence-electron chi connectivity index (χ2n) is 23.7. The average Bonchev–Trinajstić information content (AvgIpc) is 1.57. The monoisotopic (exact) mass is 1140 g/mol. The van der Waals surface area contributed by atoms with Crippen LogP contribution in [0.3, 0.4) is 0 Å². The molecule has 0 saturated carbocycles. The molecule has 3 unspecified atom stereocenters. The third kappa shape index (κ3) is 12.2. The van der Waals surface area contributed by atoms with Crippen LogP contribution in [0.4, 0.5) is 0 Å². The number of carbonyl (C=O) groups is 4. The van der Waals surface area contributed by atoms with Gasteiger partial charge in [0, 0.05) is 33.2 Å². The summed E-state index contributed by atoms with van der Waals surface area (Å²) in [6.07, 6.45) is 4.64. The van der Waals surface area contributed by atoms with Crippen molar-refractivity contribution >= 4 is 23.1 Å². The minimum Gasteiger partial charge on any atom is -0.292 e. The highest BCUT2D eigenvalue weighted by molar-refractivity contribution is 6.10. The maximum absolute atomic E-state index is 16.0. The lowest BCUT2D eigenvalue weighted by Crippen LogP contribution is -2.56. The van der Waals surface area contributed by atoms with Gasteiger partial charge in [0.1, 0.15) is 0 Å². The van der Waals surface area contributed by atoms with Crippen molar-refractivity contribution in [2.24, 2.45) is 0 Å². The summed E-state index contributed by atoms with van der Waals surface area (Å²) in [5, 5.41) is 0. The van der Waals surface area contributed by atoms with Crippen LogP contribution in [0.2, 0.25) is 0 Å². The molecule has 7 heteroatoms. The lowest BCUT2D eigenvalue weighted by Gasteiger charge is -2.42. The predicted molar refractivity (Wildman–Crippen MR) is 354 cm³/mol. The molecule has 8 aromatic carbocycles. The molecule has 0 bridgehead atoms. The van der Waals surface area contributed by atoms with Crippen LogP contribution < -0.4 is 0 Å². The van der Waals surface area contributed by atoms with Crippen molar-refractivity contribution in [2.45, 2.75) is 136 Å². The summed E-state index contributed by atoms with van der Waals surface area (Å²) in [5.41, 5.74) is 9.40. The summed E-state index contributed by atoms with van der Waals surface area (Å²) >= 11 is 0. The van der Waals surface area contributed by atoms with Gasteiger partial charge in [0.15, 0.2) is 23.1 Å². The Hall–Kier alpha value is -7.68. The molecule has 3 atom stereocenters. The number of rotatable bonds is 30. The van der Waals surface area contributed by atoms with Gasteiger partial charge in [-0.1, -0.05) is 256 Å². The fraction of sp³-hybridized carbons (Fsp3) is 0.342. The third-order valence-electron chi connectivity index (χ3n) is 19.5. The van der Waals surface area contributed by atoms with Gasteiger partial charge in [0.2, 0.25) is 0 Å². The molecular weight excluding hydrogens is 1050 g/mol. The van der Waals surface area contributed by atoms with E-state index in [-0.39, 0.29) is 23.1 Å². The highest BCUT2D eigenvalue weighted by Crippen LogP contribution is 2.54. The van der Waals surface area contributed by atoms with E-state index in [2.05, 4.69) is 174 Å². The fourth-order valence-electron chi connectivity index (χ4n) is 14.9. The lowest BCUT2D eigenvalue weighted by atomic mass is 9.68. The summed E-state index contributed by atoms with van der Waals surface area (Å²) in [5.74, 6) is 0.218. The summed E-state index contributed by atoms with van der Waals surface area (Å²) < 4.78 is 0. The van der Waals surface area contributed by atoms with E-state index in [1.807, 2.05) is 109 Å². The highest BCUT2D eigenvalue weighted by Gasteiger charge is 2.48. The first-order valence-electron chi connectivity index (χ1n) is 31.9. The van der Waals surface area contributed by atoms with Gasteiger partial charge in [-0.15, -0.1) is 0 Å². The molecule has 0 amide bonds. The van der Waals surface area contributed by atoms with Gasteiger partial charge in [0.05, 0.1) is 16.6 Å². The number of benzene rings is 8. The van der Waals surface area contributed by atoms with Gasteiger partial charge < -0.3 is 0 Å². The summed E-state index contributed by atoms with van der Waals surface area (Å²) in [4.78, 5) is 68.5. The summed E-state index contributed by atoms with van der Waals surface area (Å²) in [7, 11) is 0. The second-order valence-corrected chi connectivity index (χ2v) is 23.7. The van der Waals surface area contributed by atoms with Gasteiger partial charge in [-0.25, -0.2) is 0 Å². The highest BCUT2D eigenvalue weighted by atomic mass is 16.1. The van der Waals surface area contributed by atoms with Gasteiger partial charge in [-0.05, 0) is 153 Å². The Balaban J connectivity index is 1.23. The Morgan fingerprint density at radius 2 is 0.605 bits per heavy atom. The van der Waals surface area contributed by atoms with E-state index in [4.69, 9.17) is 0 Å². The Morgan fingerprint density at radius 3 is 0.930 bits per heavy atom.